The zero-order valence-corrected chi connectivity index (χ0v) is 14.4. The summed E-state index contributed by atoms with van der Waals surface area (Å²) in [4.78, 5) is 22.9. The van der Waals surface area contributed by atoms with Crippen LogP contribution in [0.25, 0.3) is 0 Å². The van der Waals surface area contributed by atoms with Crippen LogP contribution in [0, 0.1) is 5.82 Å². The summed E-state index contributed by atoms with van der Waals surface area (Å²) in [6, 6.07) is 4.41. The van der Waals surface area contributed by atoms with Crippen molar-refractivity contribution < 1.29 is 27.1 Å². The molecule has 2 N–H and O–H groups in total. The fraction of sp³-hybridized carbons (Fsp3) is 0.467. The molecule has 1 aromatic carbocycles. The van der Waals surface area contributed by atoms with Gasteiger partial charge in [0, 0.05) is 19.5 Å². The Labute approximate surface area is 140 Å². The number of hydrogen-bond donors (Lipinski definition) is 2. The number of likely N-dealkylation sites (N-methyl/N-ethyl adjacent to an activating group) is 1. The van der Waals surface area contributed by atoms with Gasteiger partial charge in [0.25, 0.3) is 5.91 Å². The van der Waals surface area contributed by atoms with Crippen LogP contribution in [0.2, 0.25) is 0 Å². The Kier molecular flexibility index (Phi) is 7.80. The van der Waals surface area contributed by atoms with Crippen molar-refractivity contribution in [1.29, 1.82) is 0 Å². The first-order chi connectivity index (χ1) is 11.3. The number of esters is 1. The Morgan fingerprint density at radius 2 is 1.88 bits per heavy atom. The zero-order valence-electron chi connectivity index (χ0n) is 13.5. The highest BCUT2D eigenvalue weighted by Gasteiger charge is 2.17. The number of sulfonamides is 1. The number of hydrogen-bond acceptors (Lipinski definition) is 5. The molecule has 9 heteroatoms. The van der Waals surface area contributed by atoms with Crippen LogP contribution < -0.4 is 10.0 Å². The molecule has 1 atom stereocenters. The van der Waals surface area contributed by atoms with Crippen molar-refractivity contribution in [3.63, 3.8) is 0 Å². The van der Waals surface area contributed by atoms with Crippen molar-refractivity contribution >= 4 is 21.9 Å². The van der Waals surface area contributed by atoms with E-state index in [0.717, 1.165) is 24.3 Å². The Morgan fingerprint density at radius 1 is 1.25 bits per heavy atom. The number of nitrogens with one attached hydrogen (secondary N) is 2. The third-order valence-corrected chi connectivity index (χ3v) is 4.48. The fourth-order valence-electron chi connectivity index (χ4n) is 1.76. The number of amides is 1. The molecule has 1 amide bonds. The van der Waals surface area contributed by atoms with Crippen LogP contribution in [-0.2, 0) is 24.3 Å². The molecule has 1 aromatic rings. The summed E-state index contributed by atoms with van der Waals surface area (Å²) in [6.45, 7) is 3.66. The largest absolute Gasteiger partial charge is 0.453 e. The summed E-state index contributed by atoms with van der Waals surface area (Å²) in [7, 11) is -3.75. The third kappa shape index (κ3) is 6.63. The number of benzene rings is 1. The second-order valence-electron chi connectivity index (χ2n) is 4.98. The minimum atomic E-state index is -3.75. The molecule has 0 radical (unpaired) electrons. The van der Waals surface area contributed by atoms with Crippen LogP contribution in [0.15, 0.2) is 29.2 Å². The molecular weight excluding hydrogens is 339 g/mol. The Bertz CT molecular complexity index is 661. The van der Waals surface area contributed by atoms with Gasteiger partial charge in [-0.15, -0.1) is 0 Å². The predicted molar refractivity (Wildman–Crippen MR) is 85.1 cm³/mol. The molecule has 0 fully saturated rings. The first-order valence-electron chi connectivity index (χ1n) is 7.48. The summed E-state index contributed by atoms with van der Waals surface area (Å²) in [5.74, 6) is -1.50. The van der Waals surface area contributed by atoms with E-state index in [4.69, 9.17) is 4.74 Å². The van der Waals surface area contributed by atoms with Gasteiger partial charge < -0.3 is 10.1 Å². The monoisotopic (exact) mass is 360 g/mol. The highest BCUT2D eigenvalue weighted by atomic mass is 32.2. The van der Waals surface area contributed by atoms with Gasteiger partial charge in [0.05, 0.1) is 4.90 Å². The van der Waals surface area contributed by atoms with Crippen molar-refractivity contribution in [3.8, 4) is 0 Å². The maximum absolute atomic E-state index is 12.8. The van der Waals surface area contributed by atoms with Gasteiger partial charge in [-0.05, 0) is 44.5 Å². The van der Waals surface area contributed by atoms with E-state index < -0.39 is 27.9 Å². The molecule has 0 unspecified atom stereocenters. The van der Waals surface area contributed by atoms with Gasteiger partial charge in [-0.2, -0.15) is 0 Å². The van der Waals surface area contributed by atoms with Crippen molar-refractivity contribution in [2.75, 3.05) is 13.1 Å². The molecule has 0 aromatic heterocycles. The van der Waals surface area contributed by atoms with Gasteiger partial charge in [0.1, 0.15) is 5.82 Å². The van der Waals surface area contributed by atoms with Crippen molar-refractivity contribution in [3.05, 3.63) is 30.1 Å². The lowest BCUT2D eigenvalue weighted by molar-refractivity contribution is -0.154. The molecule has 0 aliphatic heterocycles. The minimum Gasteiger partial charge on any atom is -0.453 e. The quantitative estimate of drug-likeness (QED) is 0.504. The molecular formula is C15H21FN2O5S. The second kappa shape index (κ2) is 9.33. The van der Waals surface area contributed by atoms with Gasteiger partial charge >= 0.3 is 5.97 Å². The average molecular weight is 360 g/mol. The van der Waals surface area contributed by atoms with Crippen molar-refractivity contribution in [2.45, 2.75) is 37.7 Å². The number of carbonyl (C=O) groups excluding carboxylic acids is 2. The topological polar surface area (TPSA) is 102 Å². The number of ether oxygens (including phenoxy) is 1. The molecule has 0 aliphatic rings. The smallest absolute Gasteiger partial charge is 0.306 e. The van der Waals surface area contributed by atoms with E-state index in [1.165, 1.54) is 6.92 Å². The summed E-state index contributed by atoms with van der Waals surface area (Å²) < 4.78 is 43.9. The van der Waals surface area contributed by atoms with Crippen LogP contribution >= 0.6 is 0 Å². The normalized spacial score (nSPS) is 12.5. The van der Waals surface area contributed by atoms with Gasteiger partial charge in [0.2, 0.25) is 10.0 Å². The molecule has 7 nitrogen and oxygen atoms in total. The molecule has 24 heavy (non-hydrogen) atoms. The predicted octanol–water partition coefficient (Wildman–Crippen LogP) is 0.952. The number of rotatable bonds is 9. The van der Waals surface area contributed by atoms with Gasteiger partial charge in [-0.25, -0.2) is 17.5 Å². The van der Waals surface area contributed by atoms with Gasteiger partial charge in [-0.1, -0.05) is 0 Å². The second-order valence-corrected chi connectivity index (χ2v) is 6.75. The molecule has 0 aliphatic carbocycles. The van der Waals surface area contributed by atoms with E-state index in [1.54, 1.807) is 6.92 Å². The minimum absolute atomic E-state index is 0.0182. The van der Waals surface area contributed by atoms with Crippen LogP contribution in [0.1, 0.15) is 26.7 Å². The van der Waals surface area contributed by atoms with Crippen LogP contribution in [0.4, 0.5) is 4.39 Å². The Balaban J connectivity index is 2.36. The van der Waals surface area contributed by atoms with Gasteiger partial charge in [-0.3, -0.25) is 9.59 Å². The molecule has 0 bridgehead atoms. The summed E-state index contributed by atoms with van der Waals surface area (Å²) in [5.41, 5.74) is 0. The molecule has 1 rings (SSSR count). The lowest BCUT2D eigenvalue weighted by Crippen LogP contribution is -2.35. The highest BCUT2D eigenvalue weighted by Crippen LogP contribution is 2.09. The Hall–Kier alpha value is -2.00. The molecule has 134 valence electrons. The maximum atomic E-state index is 12.8. The van der Waals surface area contributed by atoms with E-state index in [1.807, 2.05) is 0 Å². The summed E-state index contributed by atoms with van der Waals surface area (Å²) >= 11 is 0. The summed E-state index contributed by atoms with van der Waals surface area (Å²) in [6.07, 6.45) is -0.717. The maximum Gasteiger partial charge on any atom is 0.306 e. The van der Waals surface area contributed by atoms with E-state index in [9.17, 15) is 22.4 Å². The lowest BCUT2D eigenvalue weighted by atomic mass is 10.3. The van der Waals surface area contributed by atoms with Crippen LogP contribution in [0.3, 0.4) is 0 Å². The van der Waals surface area contributed by atoms with Crippen molar-refractivity contribution in [2.24, 2.45) is 0 Å². The summed E-state index contributed by atoms with van der Waals surface area (Å²) in [5, 5.41) is 2.53. The van der Waals surface area contributed by atoms with E-state index >= 15 is 0 Å². The van der Waals surface area contributed by atoms with Crippen LogP contribution in [-0.4, -0.2) is 39.5 Å². The highest BCUT2D eigenvalue weighted by molar-refractivity contribution is 7.89. The molecule has 0 spiro atoms. The molecule has 0 saturated carbocycles. The first kappa shape index (κ1) is 20.0. The fourth-order valence-corrected chi connectivity index (χ4v) is 2.84. The third-order valence-electron chi connectivity index (χ3n) is 3.00. The standard InChI is InChI=1S/C15H21FN2O5S/c1-3-17-15(20)11(2)23-14(19)5-4-10-18-24(21,22)13-8-6-12(16)7-9-13/h6-9,11,18H,3-5,10H2,1-2H3,(H,17,20)/t11-/m0/s1. The lowest BCUT2D eigenvalue weighted by Gasteiger charge is -2.12. The van der Waals surface area contributed by atoms with E-state index in [-0.39, 0.29) is 30.2 Å². The number of carbonyl (C=O) groups is 2. The molecule has 0 saturated heterocycles. The number of halogens is 1. The Morgan fingerprint density at radius 3 is 2.46 bits per heavy atom. The molecule has 0 heterocycles. The SMILES string of the molecule is CCNC(=O)[C@H](C)OC(=O)CCCNS(=O)(=O)c1ccc(F)cc1. The van der Waals surface area contributed by atoms with E-state index in [0.29, 0.717) is 6.54 Å². The van der Waals surface area contributed by atoms with Crippen molar-refractivity contribution in [1.82, 2.24) is 10.0 Å². The van der Waals surface area contributed by atoms with Crippen LogP contribution in [0.5, 0.6) is 0 Å². The van der Waals surface area contributed by atoms with E-state index in [2.05, 4.69) is 10.0 Å². The average Bonchev–Trinajstić information content (AvgIpc) is 2.52. The zero-order chi connectivity index (χ0) is 18.2. The van der Waals surface area contributed by atoms with Gasteiger partial charge in [0.15, 0.2) is 6.10 Å². The first-order valence-corrected chi connectivity index (χ1v) is 8.97.